The lowest BCUT2D eigenvalue weighted by molar-refractivity contribution is -0.118. The van der Waals surface area contributed by atoms with Crippen molar-refractivity contribution in [2.75, 3.05) is 7.11 Å². The molecule has 0 spiro atoms. The molecule has 1 aromatic carbocycles. The second-order valence-corrected chi connectivity index (χ2v) is 8.35. The highest BCUT2D eigenvalue weighted by Crippen LogP contribution is 2.41. The van der Waals surface area contributed by atoms with Gasteiger partial charge in [-0.15, -0.1) is 0 Å². The van der Waals surface area contributed by atoms with Crippen molar-refractivity contribution < 1.29 is 9.53 Å². The normalized spacial score (nSPS) is 20.7. The highest BCUT2D eigenvalue weighted by Gasteiger charge is 2.36. The van der Waals surface area contributed by atoms with Crippen LogP contribution in [0.3, 0.4) is 0 Å². The third-order valence-electron chi connectivity index (χ3n) is 5.63. The van der Waals surface area contributed by atoms with E-state index in [0.29, 0.717) is 0 Å². The van der Waals surface area contributed by atoms with Gasteiger partial charge in [-0.25, -0.2) is 4.68 Å². The SMILES string of the molecule is COc1ccc(-n2ncc3c2CC(C)(C)CC3NC(=O)C2=CCCC2)cc1. The van der Waals surface area contributed by atoms with E-state index in [-0.39, 0.29) is 17.4 Å². The van der Waals surface area contributed by atoms with Gasteiger partial charge in [-0.2, -0.15) is 5.10 Å². The van der Waals surface area contributed by atoms with Crippen LogP contribution in [0.2, 0.25) is 0 Å². The van der Waals surface area contributed by atoms with Crippen molar-refractivity contribution in [3.63, 3.8) is 0 Å². The Hall–Kier alpha value is -2.56. The molecule has 1 unspecified atom stereocenters. The Morgan fingerprint density at radius 3 is 2.74 bits per heavy atom. The van der Waals surface area contributed by atoms with Gasteiger partial charge in [0, 0.05) is 11.1 Å². The Balaban J connectivity index is 1.65. The van der Waals surface area contributed by atoms with Crippen molar-refractivity contribution in [1.29, 1.82) is 0 Å². The van der Waals surface area contributed by atoms with Crippen LogP contribution < -0.4 is 10.1 Å². The number of methoxy groups -OCH3 is 1. The summed E-state index contributed by atoms with van der Waals surface area (Å²) in [5.41, 5.74) is 4.36. The van der Waals surface area contributed by atoms with E-state index >= 15 is 0 Å². The van der Waals surface area contributed by atoms with Crippen molar-refractivity contribution in [2.24, 2.45) is 5.41 Å². The molecule has 0 saturated carbocycles. The quantitative estimate of drug-likeness (QED) is 0.887. The van der Waals surface area contributed by atoms with Gasteiger partial charge in [0.25, 0.3) is 0 Å². The van der Waals surface area contributed by atoms with Crippen molar-refractivity contribution in [3.05, 3.63) is 53.4 Å². The highest BCUT2D eigenvalue weighted by molar-refractivity contribution is 5.94. The minimum atomic E-state index is 0.00440. The van der Waals surface area contributed by atoms with Gasteiger partial charge >= 0.3 is 0 Å². The first kappa shape index (κ1) is 17.8. The van der Waals surface area contributed by atoms with Crippen LogP contribution in [-0.2, 0) is 11.2 Å². The number of rotatable bonds is 4. The van der Waals surface area contributed by atoms with E-state index in [9.17, 15) is 4.79 Å². The van der Waals surface area contributed by atoms with Crippen LogP contribution in [0.5, 0.6) is 5.75 Å². The average molecular weight is 365 g/mol. The number of carbonyl (C=O) groups excluding carboxylic acids is 1. The van der Waals surface area contributed by atoms with E-state index in [4.69, 9.17) is 4.74 Å². The number of amides is 1. The average Bonchev–Trinajstić information content (AvgIpc) is 3.31. The molecule has 4 rings (SSSR count). The lowest BCUT2D eigenvalue weighted by Crippen LogP contribution is -2.37. The molecule has 27 heavy (non-hydrogen) atoms. The van der Waals surface area contributed by atoms with Gasteiger partial charge in [0.15, 0.2) is 0 Å². The molecule has 0 aliphatic heterocycles. The summed E-state index contributed by atoms with van der Waals surface area (Å²) in [6.45, 7) is 4.52. The van der Waals surface area contributed by atoms with Crippen LogP contribution in [-0.4, -0.2) is 22.8 Å². The minimum absolute atomic E-state index is 0.00440. The maximum atomic E-state index is 12.7. The van der Waals surface area contributed by atoms with Gasteiger partial charge in [-0.1, -0.05) is 19.9 Å². The largest absolute Gasteiger partial charge is 0.497 e. The predicted octanol–water partition coefficient (Wildman–Crippen LogP) is 4.12. The van der Waals surface area contributed by atoms with Crippen LogP contribution >= 0.6 is 0 Å². The Bertz CT molecular complexity index is 877. The summed E-state index contributed by atoms with van der Waals surface area (Å²) >= 11 is 0. The number of carbonyl (C=O) groups is 1. The summed E-state index contributed by atoms with van der Waals surface area (Å²) in [6.07, 6.45) is 8.84. The third-order valence-corrected chi connectivity index (χ3v) is 5.63. The fraction of sp³-hybridized carbons (Fsp3) is 0.455. The van der Waals surface area contributed by atoms with Crippen LogP contribution in [0.4, 0.5) is 0 Å². The first-order valence-corrected chi connectivity index (χ1v) is 9.68. The molecule has 1 N–H and O–H groups in total. The highest BCUT2D eigenvalue weighted by atomic mass is 16.5. The minimum Gasteiger partial charge on any atom is -0.497 e. The van der Waals surface area contributed by atoms with Crippen molar-refractivity contribution in [1.82, 2.24) is 15.1 Å². The molecular formula is C22H27N3O2. The molecule has 5 nitrogen and oxygen atoms in total. The standard InChI is InChI=1S/C22H27N3O2/c1-22(2)12-19(24-21(26)15-6-4-5-7-15)18-14-23-25(20(18)13-22)16-8-10-17(27-3)11-9-16/h6,8-11,14,19H,4-5,7,12-13H2,1-3H3,(H,24,26). The molecule has 1 aromatic heterocycles. The smallest absolute Gasteiger partial charge is 0.247 e. The number of aromatic nitrogens is 2. The topological polar surface area (TPSA) is 56.1 Å². The second-order valence-electron chi connectivity index (χ2n) is 8.35. The van der Waals surface area contributed by atoms with Crippen LogP contribution in [0.1, 0.15) is 56.8 Å². The number of ether oxygens (including phenoxy) is 1. The van der Waals surface area contributed by atoms with Crippen LogP contribution in [0.15, 0.2) is 42.1 Å². The first-order valence-electron chi connectivity index (χ1n) is 9.68. The fourth-order valence-electron chi connectivity index (χ4n) is 4.25. The maximum absolute atomic E-state index is 12.7. The van der Waals surface area contributed by atoms with E-state index in [1.54, 1.807) is 7.11 Å². The van der Waals surface area contributed by atoms with E-state index in [1.165, 1.54) is 5.69 Å². The van der Waals surface area contributed by atoms with Gasteiger partial charge in [0.1, 0.15) is 5.75 Å². The summed E-state index contributed by atoms with van der Waals surface area (Å²) < 4.78 is 7.26. The lowest BCUT2D eigenvalue weighted by atomic mass is 9.74. The van der Waals surface area contributed by atoms with Crippen LogP contribution in [0.25, 0.3) is 5.69 Å². The Morgan fingerprint density at radius 1 is 1.30 bits per heavy atom. The van der Waals surface area contributed by atoms with Crippen molar-refractivity contribution in [3.8, 4) is 11.4 Å². The number of nitrogens with zero attached hydrogens (tertiary/aromatic N) is 2. The Labute approximate surface area is 160 Å². The first-order chi connectivity index (χ1) is 13.0. The van der Waals surface area contributed by atoms with E-state index in [0.717, 1.165) is 54.7 Å². The molecule has 142 valence electrons. The Morgan fingerprint density at radius 2 is 2.07 bits per heavy atom. The molecule has 2 aromatic rings. The maximum Gasteiger partial charge on any atom is 0.247 e. The van der Waals surface area contributed by atoms with Gasteiger partial charge in [0.2, 0.25) is 5.91 Å². The molecule has 1 heterocycles. The number of benzene rings is 1. The monoisotopic (exact) mass is 365 g/mol. The van der Waals surface area contributed by atoms with Gasteiger partial charge in [-0.3, -0.25) is 4.79 Å². The Kier molecular flexibility index (Phi) is 4.54. The summed E-state index contributed by atoms with van der Waals surface area (Å²) in [6, 6.07) is 7.94. The summed E-state index contributed by atoms with van der Waals surface area (Å²) in [5.74, 6) is 0.911. The number of hydrogen-bond donors (Lipinski definition) is 1. The van der Waals surface area contributed by atoms with Crippen molar-refractivity contribution in [2.45, 2.75) is 52.0 Å². The number of fused-ring (bicyclic) bond motifs is 1. The van der Waals surface area contributed by atoms with E-state index in [1.807, 2.05) is 35.1 Å². The van der Waals surface area contributed by atoms with E-state index in [2.05, 4.69) is 30.3 Å². The molecule has 0 saturated heterocycles. The zero-order valence-corrected chi connectivity index (χ0v) is 16.3. The molecular weight excluding hydrogens is 338 g/mol. The second kappa shape index (κ2) is 6.87. The molecule has 0 fully saturated rings. The molecule has 1 atom stereocenters. The number of nitrogens with one attached hydrogen (secondary N) is 1. The molecule has 5 heteroatoms. The molecule has 2 aliphatic rings. The van der Waals surface area contributed by atoms with Gasteiger partial charge in [0.05, 0.1) is 30.7 Å². The van der Waals surface area contributed by atoms with Crippen molar-refractivity contribution >= 4 is 5.91 Å². The summed E-state index contributed by atoms with van der Waals surface area (Å²) in [4.78, 5) is 12.7. The summed E-state index contributed by atoms with van der Waals surface area (Å²) in [7, 11) is 1.67. The van der Waals surface area contributed by atoms with Gasteiger partial charge in [-0.05, 0) is 61.8 Å². The zero-order valence-electron chi connectivity index (χ0n) is 16.3. The van der Waals surface area contributed by atoms with Crippen LogP contribution in [0, 0.1) is 5.41 Å². The summed E-state index contributed by atoms with van der Waals surface area (Å²) in [5, 5.41) is 7.93. The van der Waals surface area contributed by atoms with E-state index < -0.39 is 0 Å². The molecule has 0 bridgehead atoms. The zero-order chi connectivity index (χ0) is 19.0. The third kappa shape index (κ3) is 3.51. The molecule has 2 aliphatic carbocycles. The predicted molar refractivity (Wildman–Crippen MR) is 105 cm³/mol. The van der Waals surface area contributed by atoms with Gasteiger partial charge < -0.3 is 10.1 Å². The fourth-order valence-corrected chi connectivity index (χ4v) is 4.25. The number of hydrogen-bond acceptors (Lipinski definition) is 3. The number of allylic oxidation sites excluding steroid dienone is 1. The molecule has 0 radical (unpaired) electrons. The molecule has 1 amide bonds. The lowest BCUT2D eigenvalue weighted by Gasteiger charge is -2.36.